The molecular formula is C14H13ClN2O2. The standard InChI is InChI=1S/C14H13ClN2O2/c1-9-3-4-11(5-6-14(18)19)7-13(9)17-8-12(15)10(2)16-17/h3-8H,1-2H3,(H,18,19)/b6-5+. The highest BCUT2D eigenvalue weighted by Gasteiger charge is 2.07. The second-order valence-corrected chi connectivity index (χ2v) is 4.63. The van der Waals surface area contributed by atoms with Crippen LogP contribution >= 0.6 is 11.6 Å². The van der Waals surface area contributed by atoms with Gasteiger partial charge >= 0.3 is 5.97 Å². The number of carboxylic acid groups (broad SMARTS) is 1. The van der Waals surface area contributed by atoms with Crippen molar-refractivity contribution >= 4 is 23.6 Å². The zero-order valence-corrected chi connectivity index (χ0v) is 11.3. The number of halogens is 1. The maximum Gasteiger partial charge on any atom is 0.328 e. The van der Waals surface area contributed by atoms with Crippen LogP contribution in [0, 0.1) is 13.8 Å². The first-order valence-corrected chi connectivity index (χ1v) is 6.09. The Hall–Kier alpha value is -2.07. The van der Waals surface area contributed by atoms with Crippen molar-refractivity contribution in [3.63, 3.8) is 0 Å². The molecule has 4 nitrogen and oxygen atoms in total. The van der Waals surface area contributed by atoms with Gasteiger partial charge < -0.3 is 5.11 Å². The molecule has 0 radical (unpaired) electrons. The van der Waals surface area contributed by atoms with E-state index >= 15 is 0 Å². The quantitative estimate of drug-likeness (QED) is 0.876. The molecule has 1 aromatic carbocycles. The Bertz CT molecular complexity index is 640. The molecule has 0 saturated carbocycles. The minimum atomic E-state index is -0.972. The highest BCUT2D eigenvalue weighted by molar-refractivity contribution is 6.31. The molecule has 1 heterocycles. The third-order valence-corrected chi connectivity index (χ3v) is 3.11. The normalized spacial score (nSPS) is 11.1. The molecule has 1 aromatic heterocycles. The van der Waals surface area contributed by atoms with Gasteiger partial charge in [-0.1, -0.05) is 23.7 Å². The number of benzene rings is 1. The van der Waals surface area contributed by atoms with E-state index in [1.54, 1.807) is 17.0 Å². The van der Waals surface area contributed by atoms with E-state index in [9.17, 15) is 4.79 Å². The summed E-state index contributed by atoms with van der Waals surface area (Å²) in [5, 5.41) is 13.6. The average Bonchev–Trinajstić information content (AvgIpc) is 2.68. The van der Waals surface area contributed by atoms with Crippen LogP contribution in [0.1, 0.15) is 16.8 Å². The predicted molar refractivity (Wildman–Crippen MR) is 74.7 cm³/mol. The van der Waals surface area contributed by atoms with Gasteiger partial charge in [0, 0.05) is 12.3 Å². The Morgan fingerprint density at radius 1 is 1.42 bits per heavy atom. The van der Waals surface area contributed by atoms with Gasteiger partial charge in [0.15, 0.2) is 0 Å². The molecular weight excluding hydrogens is 264 g/mol. The van der Waals surface area contributed by atoms with Crippen molar-refractivity contribution in [3.8, 4) is 5.69 Å². The summed E-state index contributed by atoms with van der Waals surface area (Å²) in [6.45, 7) is 3.80. The summed E-state index contributed by atoms with van der Waals surface area (Å²) in [7, 11) is 0. The zero-order valence-electron chi connectivity index (χ0n) is 10.6. The number of aliphatic carboxylic acids is 1. The van der Waals surface area contributed by atoms with E-state index in [4.69, 9.17) is 16.7 Å². The van der Waals surface area contributed by atoms with E-state index in [-0.39, 0.29) is 0 Å². The molecule has 0 atom stereocenters. The fourth-order valence-corrected chi connectivity index (χ4v) is 1.84. The van der Waals surface area contributed by atoms with Gasteiger partial charge in [0.05, 0.1) is 16.4 Å². The molecule has 0 aliphatic rings. The van der Waals surface area contributed by atoms with Crippen molar-refractivity contribution in [3.05, 3.63) is 52.3 Å². The lowest BCUT2D eigenvalue weighted by Crippen LogP contribution is -1.98. The number of rotatable bonds is 3. The van der Waals surface area contributed by atoms with Gasteiger partial charge in [-0.15, -0.1) is 0 Å². The first-order valence-electron chi connectivity index (χ1n) is 5.71. The number of hydrogen-bond acceptors (Lipinski definition) is 2. The predicted octanol–water partition coefficient (Wildman–Crippen LogP) is 3.24. The number of hydrogen-bond donors (Lipinski definition) is 1. The number of carboxylic acids is 1. The lowest BCUT2D eigenvalue weighted by atomic mass is 10.1. The summed E-state index contributed by atoms with van der Waals surface area (Å²) >= 11 is 6.00. The topological polar surface area (TPSA) is 55.1 Å². The Labute approximate surface area is 115 Å². The fourth-order valence-electron chi connectivity index (χ4n) is 1.71. The first kappa shape index (κ1) is 13.4. The number of nitrogens with zero attached hydrogens (tertiary/aromatic N) is 2. The SMILES string of the molecule is Cc1ccc(/C=C/C(=O)O)cc1-n1cc(Cl)c(C)n1. The van der Waals surface area contributed by atoms with E-state index in [0.717, 1.165) is 28.6 Å². The van der Waals surface area contributed by atoms with Crippen LogP contribution in [0.2, 0.25) is 5.02 Å². The Balaban J connectivity index is 2.45. The highest BCUT2D eigenvalue weighted by atomic mass is 35.5. The van der Waals surface area contributed by atoms with Crippen molar-refractivity contribution < 1.29 is 9.90 Å². The second-order valence-electron chi connectivity index (χ2n) is 4.22. The molecule has 0 aliphatic heterocycles. The molecule has 0 unspecified atom stereocenters. The second kappa shape index (κ2) is 5.28. The number of aryl methyl sites for hydroxylation is 2. The van der Waals surface area contributed by atoms with Gasteiger partial charge in [-0.2, -0.15) is 5.10 Å². The van der Waals surface area contributed by atoms with Crippen molar-refractivity contribution in [2.45, 2.75) is 13.8 Å². The zero-order chi connectivity index (χ0) is 14.0. The van der Waals surface area contributed by atoms with Crippen LogP contribution in [-0.2, 0) is 4.79 Å². The lowest BCUT2D eigenvalue weighted by molar-refractivity contribution is -0.131. The molecule has 0 saturated heterocycles. The van der Waals surface area contributed by atoms with Gasteiger partial charge in [0.2, 0.25) is 0 Å². The van der Waals surface area contributed by atoms with Crippen LogP contribution in [0.25, 0.3) is 11.8 Å². The van der Waals surface area contributed by atoms with E-state index < -0.39 is 5.97 Å². The van der Waals surface area contributed by atoms with Crippen molar-refractivity contribution in [2.24, 2.45) is 0 Å². The maximum absolute atomic E-state index is 10.5. The smallest absolute Gasteiger partial charge is 0.328 e. The maximum atomic E-state index is 10.5. The summed E-state index contributed by atoms with van der Waals surface area (Å²) in [4.78, 5) is 10.5. The van der Waals surface area contributed by atoms with Gasteiger partial charge in [-0.25, -0.2) is 9.48 Å². The van der Waals surface area contributed by atoms with Crippen LogP contribution in [0.15, 0.2) is 30.5 Å². The average molecular weight is 277 g/mol. The molecule has 0 aliphatic carbocycles. The fraction of sp³-hybridized carbons (Fsp3) is 0.143. The summed E-state index contributed by atoms with van der Waals surface area (Å²) in [6, 6.07) is 5.65. The molecule has 98 valence electrons. The van der Waals surface area contributed by atoms with E-state index in [2.05, 4.69) is 5.10 Å². The largest absolute Gasteiger partial charge is 0.478 e. The third kappa shape index (κ3) is 3.03. The Kier molecular flexibility index (Phi) is 3.71. The molecule has 2 rings (SSSR count). The lowest BCUT2D eigenvalue weighted by Gasteiger charge is -2.07. The minimum Gasteiger partial charge on any atom is -0.478 e. The van der Waals surface area contributed by atoms with Gasteiger partial charge in [-0.3, -0.25) is 0 Å². The molecule has 19 heavy (non-hydrogen) atoms. The van der Waals surface area contributed by atoms with E-state index in [0.29, 0.717) is 5.02 Å². The minimum absolute atomic E-state index is 0.603. The van der Waals surface area contributed by atoms with Crippen LogP contribution in [0.5, 0.6) is 0 Å². The summed E-state index contributed by atoms with van der Waals surface area (Å²) in [5.74, 6) is -0.972. The van der Waals surface area contributed by atoms with Crippen LogP contribution < -0.4 is 0 Å². The van der Waals surface area contributed by atoms with Crippen molar-refractivity contribution in [1.82, 2.24) is 9.78 Å². The molecule has 0 fully saturated rings. The Morgan fingerprint density at radius 3 is 2.74 bits per heavy atom. The summed E-state index contributed by atoms with van der Waals surface area (Å²) in [6.07, 6.45) is 4.39. The summed E-state index contributed by atoms with van der Waals surface area (Å²) < 4.78 is 1.70. The first-order chi connectivity index (χ1) is 8.97. The summed E-state index contributed by atoms with van der Waals surface area (Å²) in [5.41, 5.74) is 3.47. The third-order valence-electron chi connectivity index (χ3n) is 2.74. The van der Waals surface area contributed by atoms with Gasteiger partial charge in [0.25, 0.3) is 0 Å². The van der Waals surface area contributed by atoms with Crippen molar-refractivity contribution in [1.29, 1.82) is 0 Å². The monoisotopic (exact) mass is 276 g/mol. The van der Waals surface area contributed by atoms with E-state index in [1.165, 1.54) is 0 Å². The number of aromatic nitrogens is 2. The molecule has 5 heteroatoms. The highest BCUT2D eigenvalue weighted by Crippen LogP contribution is 2.20. The van der Waals surface area contributed by atoms with Crippen LogP contribution in [0.4, 0.5) is 0 Å². The van der Waals surface area contributed by atoms with E-state index in [1.807, 2.05) is 32.0 Å². The Morgan fingerprint density at radius 2 is 2.16 bits per heavy atom. The van der Waals surface area contributed by atoms with Gasteiger partial charge in [-0.05, 0) is 37.1 Å². The van der Waals surface area contributed by atoms with Crippen molar-refractivity contribution in [2.75, 3.05) is 0 Å². The number of carbonyl (C=O) groups is 1. The molecule has 0 bridgehead atoms. The molecule has 1 N–H and O–H groups in total. The molecule has 2 aromatic rings. The van der Waals surface area contributed by atoms with Crippen LogP contribution in [-0.4, -0.2) is 20.9 Å². The molecule has 0 amide bonds. The molecule has 0 spiro atoms. The van der Waals surface area contributed by atoms with Gasteiger partial charge in [0.1, 0.15) is 0 Å². The van der Waals surface area contributed by atoms with Crippen LogP contribution in [0.3, 0.4) is 0 Å².